The minimum Gasteiger partial charge on any atom is -0.508 e. The molecule has 7 heteroatoms. The molecule has 1 aliphatic carbocycles. The van der Waals surface area contributed by atoms with Crippen molar-refractivity contribution in [3.63, 3.8) is 0 Å². The number of halogens is 3. The summed E-state index contributed by atoms with van der Waals surface area (Å²) in [5, 5.41) is 12.9. The van der Waals surface area contributed by atoms with Crippen LogP contribution in [0.3, 0.4) is 0 Å². The van der Waals surface area contributed by atoms with Gasteiger partial charge in [0.1, 0.15) is 5.75 Å². The van der Waals surface area contributed by atoms with Gasteiger partial charge in [0.15, 0.2) is 0 Å². The van der Waals surface area contributed by atoms with Crippen LogP contribution in [0.4, 0.5) is 13.2 Å². The van der Waals surface area contributed by atoms with Gasteiger partial charge in [-0.15, -0.1) is 0 Å². The van der Waals surface area contributed by atoms with Crippen LogP contribution in [-0.4, -0.2) is 47.8 Å². The van der Waals surface area contributed by atoms with Crippen molar-refractivity contribution in [1.29, 1.82) is 0 Å². The zero-order valence-corrected chi connectivity index (χ0v) is 14.0. The number of hydrogen-bond donors (Lipinski definition) is 2. The van der Waals surface area contributed by atoms with Gasteiger partial charge in [-0.25, -0.2) is 0 Å². The number of carbonyl (C=O) groups is 1. The van der Waals surface area contributed by atoms with Crippen LogP contribution in [-0.2, 0) is 11.2 Å². The van der Waals surface area contributed by atoms with Crippen molar-refractivity contribution in [2.24, 2.45) is 5.41 Å². The largest absolute Gasteiger partial charge is 0.508 e. The van der Waals surface area contributed by atoms with Gasteiger partial charge in [-0.05, 0) is 68.3 Å². The first-order valence-electron chi connectivity index (χ1n) is 8.66. The standard InChI is InChI=1S/C18H23F3N2O2/c19-18(20,21)16(25)23(14-4-5-14)12-17(6-8-22-9-7-17)11-13-2-1-3-15(24)10-13/h1-3,10,14,22,24H,4-9,11-12H2. The molecule has 0 bridgehead atoms. The van der Waals surface area contributed by atoms with Crippen LogP contribution in [0.15, 0.2) is 24.3 Å². The Bertz CT molecular complexity index is 623. The van der Waals surface area contributed by atoms with Gasteiger partial charge in [-0.3, -0.25) is 4.79 Å². The van der Waals surface area contributed by atoms with Crippen LogP contribution < -0.4 is 5.32 Å². The SMILES string of the molecule is O=C(N(CC1(Cc2cccc(O)c2)CCNCC1)C1CC1)C(F)(F)F. The van der Waals surface area contributed by atoms with Crippen molar-refractivity contribution in [2.45, 2.75) is 44.3 Å². The number of nitrogens with zero attached hydrogens (tertiary/aromatic N) is 1. The predicted molar refractivity (Wildman–Crippen MR) is 87.1 cm³/mol. The summed E-state index contributed by atoms with van der Waals surface area (Å²) in [7, 11) is 0. The Morgan fingerprint density at radius 3 is 2.52 bits per heavy atom. The molecule has 0 atom stereocenters. The van der Waals surface area contributed by atoms with E-state index in [0.717, 1.165) is 23.6 Å². The van der Waals surface area contributed by atoms with Gasteiger partial charge in [-0.1, -0.05) is 12.1 Å². The molecule has 25 heavy (non-hydrogen) atoms. The molecule has 138 valence electrons. The third-order valence-electron chi connectivity index (χ3n) is 5.15. The number of phenols is 1. The van der Waals surface area contributed by atoms with E-state index in [0.29, 0.717) is 32.1 Å². The molecule has 1 aliphatic heterocycles. The van der Waals surface area contributed by atoms with Gasteiger partial charge >= 0.3 is 12.1 Å². The fraction of sp³-hybridized carbons (Fsp3) is 0.611. The van der Waals surface area contributed by atoms with E-state index >= 15 is 0 Å². The Labute approximate surface area is 145 Å². The lowest BCUT2D eigenvalue weighted by Gasteiger charge is -2.42. The second-order valence-electron chi connectivity index (χ2n) is 7.26. The number of nitrogens with one attached hydrogen (secondary N) is 1. The molecule has 3 rings (SSSR count). The maximum absolute atomic E-state index is 13.0. The van der Waals surface area contributed by atoms with Gasteiger partial charge in [0, 0.05) is 12.6 Å². The summed E-state index contributed by atoms with van der Waals surface area (Å²) in [5.74, 6) is -1.57. The highest BCUT2D eigenvalue weighted by Crippen LogP contribution is 2.39. The summed E-state index contributed by atoms with van der Waals surface area (Å²) in [6, 6.07) is 6.54. The van der Waals surface area contributed by atoms with Crippen LogP contribution in [0.1, 0.15) is 31.2 Å². The first kappa shape index (κ1) is 18.0. The highest BCUT2D eigenvalue weighted by Gasteiger charge is 2.49. The molecule has 1 amide bonds. The Morgan fingerprint density at radius 1 is 1.28 bits per heavy atom. The fourth-order valence-corrected chi connectivity index (χ4v) is 3.72. The van der Waals surface area contributed by atoms with Crippen LogP contribution in [0.2, 0.25) is 0 Å². The number of carbonyl (C=O) groups excluding carboxylic acids is 1. The van der Waals surface area contributed by atoms with E-state index in [4.69, 9.17) is 0 Å². The van der Waals surface area contributed by atoms with Gasteiger partial charge in [0.05, 0.1) is 0 Å². The van der Waals surface area contributed by atoms with Gasteiger partial charge in [0.25, 0.3) is 0 Å². The summed E-state index contributed by atoms with van der Waals surface area (Å²) < 4.78 is 39.0. The lowest BCUT2D eigenvalue weighted by molar-refractivity contribution is -0.188. The Kier molecular flexibility index (Phi) is 4.95. The van der Waals surface area contributed by atoms with E-state index in [2.05, 4.69) is 5.32 Å². The first-order chi connectivity index (χ1) is 11.8. The molecule has 2 aliphatic rings. The summed E-state index contributed by atoms with van der Waals surface area (Å²) in [6.45, 7) is 1.56. The van der Waals surface area contributed by atoms with Crippen molar-refractivity contribution >= 4 is 5.91 Å². The Hall–Kier alpha value is -1.76. The molecule has 1 saturated carbocycles. The quantitative estimate of drug-likeness (QED) is 0.853. The van der Waals surface area contributed by atoms with Gasteiger partial charge in [0.2, 0.25) is 0 Å². The molecule has 0 unspecified atom stereocenters. The number of hydrogen-bond acceptors (Lipinski definition) is 3. The number of piperidine rings is 1. The number of alkyl halides is 3. The third kappa shape index (κ3) is 4.45. The van der Waals surface area contributed by atoms with Crippen molar-refractivity contribution in [2.75, 3.05) is 19.6 Å². The number of aromatic hydroxyl groups is 1. The number of amides is 1. The summed E-state index contributed by atoms with van der Waals surface area (Å²) >= 11 is 0. The van der Waals surface area contributed by atoms with Crippen molar-refractivity contribution in [3.05, 3.63) is 29.8 Å². The second kappa shape index (κ2) is 6.86. The van der Waals surface area contributed by atoms with Gasteiger partial charge < -0.3 is 15.3 Å². The minimum absolute atomic E-state index is 0.118. The first-order valence-corrected chi connectivity index (χ1v) is 8.66. The molecular formula is C18H23F3N2O2. The Morgan fingerprint density at radius 2 is 1.96 bits per heavy atom. The van der Waals surface area contributed by atoms with Crippen LogP contribution in [0, 0.1) is 5.41 Å². The summed E-state index contributed by atoms with van der Waals surface area (Å²) in [5.41, 5.74) is 0.486. The molecule has 1 aromatic rings. The average Bonchev–Trinajstić information content (AvgIpc) is 3.37. The van der Waals surface area contributed by atoms with Gasteiger partial charge in [-0.2, -0.15) is 13.2 Å². The molecule has 0 aromatic heterocycles. The molecule has 4 nitrogen and oxygen atoms in total. The van der Waals surface area contributed by atoms with E-state index < -0.39 is 17.5 Å². The lowest BCUT2D eigenvalue weighted by atomic mass is 9.73. The molecule has 1 saturated heterocycles. The second-order valence-corrected chi connectivity index (χ2v) is 7.26. The van der Waals surface area contributed by atoms with Crippen molar-refractivity contribution in [3.8, 4) is 5.75 Å². The lowest BCUT2D eigenvalue weighted by Crippen LogP contribution is -2.51. The van der Waals surface area contributed by atoms with E-state index in [-0.39, 0.29) is 18.3 Å². The van der Waals surface area contributed by atoms with E-state index in [1.807, 2.05) is 6.07 Å². The average molecular weight is 356 g/mol. The summed E-state index contributed by atoms with van der Waals surface area (Å²) in [4.78, 5) is 13.0. The number of benzene rings is 1. The minimum atomic E-state index is -4.83. The van der Waals surface area contributed by atoms with Crippen molar-refractivity contribution in [1.82, 2.24) is 10.2 Å². The zero-order valence-electron chi connectivity index (χ0n) is 14.0. The molecular weight excluding hydrogens is 333 g/mol. The van der Waals surface area contributed by atoms with Crippen LogP contribution in [0.25, 0.3) is 0 Å². The number of rotatable bonds is 5. The Balaban J connectivity index is 1.83. The molecule has 1 heterocycles. The molecule has 1 aromatic carbocycles. The number of phenolic OH excluding ortho intramolecular Hbond substituents is 1. The van der Waals surface area contributed by atoms with Crippen molar-refractivity contribution < 1.29 is 23.1 Å². The maximum Gasteiger partial charge on any atom is 0.471 e. The maximum atomic E-state index is 13.0. The molecule has 0 radical (unpaired) electrons. The highest BCUT2D eigenvalue weighted by molar-refractivity contribution is 5.82. The fourth-order valence-electron chi connectivity index (χ4n) is 3.72. The topological polar surface area (TPSA) is 52.6 Å². The van der Waals surface area contributed by atoms with Crippen LogP contribution in [0.5, 0.6) is 5.75 Å². The smallest absolute Gasteiger partial charge is 0.471 e. The van der Waals surface area contributed by atoms with Crippen LogP contribution >= 0.6 is 0 Å². The van der Waals surface area contributed by atoms with E-state index in [1.54, 1.807) is 18.2 Å². The molecule has 0 spiro atoms. The van der Waals surface area contributed by atoms with E-state index in [1.165, 1.54) is 0 Å². The highest BCUT2D eigenvalue weighted by atomic mass is 19.4. The monoisotopic (exact) mass is 356 g/mol. The third-order valence-corrected chi connectivity index (χ3v) is 5.15. The molecule has 2 N–H and O–H groups in total. The van der Waals surface area contributed by atoms with E-state index in [9.17, 15) is 23.1 Å². The summed E-state index contributed by atoms with van der Waals surface area (Å²) in [6.07, 6.45) is -1.59. The molecule has 2 fully saturated rings. The normalized spacial score (nSPS) is 20.3. The predicted octanol–water partition coefficient (Wildman–Crippen LogP) is 2.86. The zero-order chi connectivity index (χ0) is 18.1.